The normalized spacial score (nSPS) is 13.5. The molecule has 0 aromatic heterocycles. The van der Waals surface area contributed by atoms with Crippen LogP contribution in [0.4, 0.5) is 0 Å². The van der Waals surface area contributed by atoms with Gasteiger partial charge < -0.3 is 14.8 Å². The molecule has 3 nitrogen and oxygen atoms in total. The van der Waals surface area contributed by atoms with Crippen molar-refractivity contribution in [1.82, 2.24) is 5.32 Å². The zero-order valence-corrected chi connectivity index (χ0v) is 11.4. The Hall–Kier alpha value is -1.06. The molecule has 0 fully saturated rings. The molecule has 3 heteroatoms. The maximum atomic E-state index is 5.44. The van der Waals surface area contributed by atoms with Crippen molar-refractivity contribution < 1.29 is 9.47 Å². The smallest absolute Gasteiger partial charge is 0.118 e. The molecule has 0 spiro atoms. The van der Waals surface area contributed by atoms with Gasteiger partial charge in [0, 0.05) is 19.7 Å². The van der Waals surface area contributed by atoms with Crippen LogP contribution in [0.15, 0.2) is 24.3 Å². The molecule has 1 N–H and O–H groups in total. The molecule has 0 radical (unpaired) electrons. The molecular weight excluding hydrogens is 214 g/mol. The fraction of sp³-hybridized carbons (Fsp3) is 0.571. The summed E-state index contributed by atoms with van der Waals surface area (Å²) in [6.45, 7) is 7.13. The maximum absolute atomic E-state index is 5.44. The number of hydrogen-bond donors (Lipinski definition) is 1. The zero-order valence-electron chi connectivity index (χ0n) is 11.4. The third kappa shape index (κ3) is 4.02. The number of benzene rings is 1. The Balaban J connectivity index is 2.50. The van der Waals surface area contributed by atoms with E-state index in [1.165, 1.54) is 5.56 Å². The molecule has 1 aromatic rings. The first kappa shape index (κ1) is 14.0. The van der Waals surface area contributed by atoms with Crippen LogP contribution in [-0.2, 0) is 11.3 Å². The van der Waals surface area contributed by atoms with E-state index < -0.39 is 0 Å². The van der Waals surface area contributed by atoms with Crippen LogP contribution in [0.1, 0.15) is 26.3 Å². The Morgan fingerprint density at radius 1 is 1.18 bits per heavy atom. The van der Waals surface area contributed by atoms with Crippen LogP contribution in [0.25, 0.3) is 0 Å². The van der Waals surface area contributed by atoms with Crippen LogP contribution < -0.4 is 10.1 Å². The summed E-state index contributed by atoms with van der Waals surface area (Å²) in [7, 11) is 3.42. The van der Waals surface area contributed by atoms with Gasteiger partial charge in [0.05, 0.1) is 12.7 Å². The van der Waals surface area contributed by atoms with E-state index in [0.717, 1.165) is 12.3 Å². The van der Waals surface area contributed by atoms with E-state index >= 15 is 0 Å². The molecule has 0 aliphatic rings. The summed E-state index contributed by atoms with van der Waals surface area (Å²) in [5.41, 5.74) is 1.08. The van der Waals surface area contributed by atoms with Crippen molar-refractivity contribution in [3.8, 4) is 5.75 Å². The van der Waals surface area contributed by atoms with Gasteiger partial charge in [-0.1, -0.05) is 12.1 Å². The largest absolute Gasteiger partial charge is 0.497 e. The first-order valence-electron chi connectivity index (χ1n) is 5.91. The minimum atomic E-state index is -0.160. The Bertz CT molecular complexity index is 333. The van der Waals surface area contributed by atoms with Crippen LogP contribution in [-0.4, -0.2) is 25.9 Å². The van der Waals surface area contributed by atoms with Gasteiger partial charge in [0.25, 0.3) is 0 Å². The minimum absolute atomic E-state index is 0.160. The second-order valence-electron chi connectivity index (χ2n) is 4.76. The van der Waals surface area contributed by atoms with Gasteiger partial charge in [-0.2, -0.15) is 0 Å². The van der Waals surface area contributed by atoms with Gasteiger partial charge in [0.1, 0.15) is 5.75 Å². The van der Waals surface area contributed by atoms with Gasteiger partial charge in [-0.15, -0.1) is 0 Å². The average molecular weight is 237 g/mol. The number of hydrogen-bond acceptors (Lipinski definition) is 3. The Labute approximate surface area is 104 Å². The number of nitrogens with one attached hydrogen (secondary N) is 1. The van der Waals surface area contributed by atoms with Crippen LogP contribution in [0.5, 0.6) is 5.75 Å². The molecule has 0 heterocycles. The van der Waals surface area contributed by atoms with E-state index in [4.69, 9.17) is 9.47 Å². The molecule has 0 aliphatic carbocycles. The van der Waals surface area contributed by atoms with E-state index in [-0.39, 0.29) is 11.6 Å². The van der Waals surface area contributed by atoms with E-state index in [9.17, 15) is 0 Å². The van der Waals surface area contributed by atoms with Crippen molar-refractivity contribution >= 4 is 0 Å². The molecular formula is C14H23NO2. The van der Waals surface area contributed by atoms with Gasteiger partial charge in [-0.3, -0.25) is 0 Å². The summed E-state index contributed by atoms with van der Waals surface area (Å²) in [5, 5.41) is 3.46. The fourth-order valence-corrected chi connectivity index (χ4v) is 1.44. The third-order valence-corrected chi connectivity index (χ3v) is 3.34. The quantitative estimate of drug-likeness (QED) is 0.825. The molecule has 17 heavy (non-hydrogen) atoms. The Morgan fingerprint density at radius 3 is 2.24 bits per heavy atom. The first-order valence-corrected chi connectivity index (χ1v) is 5.91. The maximum Gasteiger partial charge on any atom is 0.118 e. The van der Waals surface area contributed by atoms with Crippen molar-refractivity contribution in [1.29, 1.82) is 0 Å². The van der Waals surface area contributed by atoms with Crippen LogP contribution in [0, 0.1) is 0 Å². The van der Waals surface area contributed by atoms with Crippen molar-refractivity contribution in [2.24, 2.45) is 0 Å². The number of ether oxygens (including phenoxy) is 2. The van der Waals surface area contributed by atoms with Crippen molar-refractivity contribution in [3.05, 3.63) is 29.8 Å². The van der Waals surface area contributed by atoms with E-state index in [1.54, 1.807) is 14.2 Å². The predicted molar refractivity (Wildman–Crippen MR) is 70.4 cm³/mol. The Morgan fingerprint density at radius 2 is 1.76 bits per heavy atom. The summed E-state index contributed by atoms with van der Waals surface area (Å²) >= 11 is 0. The second kappa shape index (κ2) is 6.03. The molecule has 0 aliphatic heterocycles. The average Bonchev–Trinajstić information content (AvgIpc) is 2.36. The van der Waals surface area contributed by atoms with Crippen molar-refractivity contribution in [3.63, 3.8) is 0 Å². The van der Waals surface area contributed by atoms with Gasteiger partial charge in [0.2, 0.25) is 0 Å². The molecule has 0 saturated heterocycles. The standard InChI is InChI=1S/C14H23NO2/c1-11(14(2,3)17-5)15-10-12-6-8-13(16-4)9-7-12/h6-9,11,15H,10H2,1-5H3. The van der Waals surface area contributed by atoms with Gasteiger partial charge in [-0.25, -0.2) is 0 Å². The summed E-state index contributed by atoms with van der Waals surface area (Å²) in [4.78, 5) is 0. The van der Waals surface area contributed by atoms with Crippen molar-refractivity contribution in [2.45, 2.75) is 39.0 Å². The third-order valence-electron chi connectivity index (χ3n) is 3.34. The summed E-state index contributed by atoms with van der Waals surface area (Å²) < 4.78 is 10.6. The van der Waals surface area contributed by atoms with Gasteiger partial charge in [0.15, 0.2) is 0 Å². The van der Waals surface area contributed by atoms with Gasteiger partial charge >= 0.3 is 0 Å². The molecule has 1 unspecified atom stereocenters. The first-order chi connectivity index (χ1) is 7.99. The summed E-state index contributed by atoms with van der Waals surface area (Å²) in [6, 6.07) is 8.37. The topological polar surface area (TPSA) is 30.5 Å². The lowest BCUT2D eigenvalue weighted by Gasteiger charge is -2.31. The van der Waals surface area contributed by atoms with E-state index in [1.807, 2.05) is 12.1 Å². The minimum Gasteiger partial charge on any atom is -0.497 e. The summed E-state index contributed by atoms with van der Waals surface area (Å²) in [6.07, 6.45) is 0. The lowest BCUT2D eigenvalue weighted by atomic mass is 10.00. The number of methoxy groups -OCH3 is 2. The van der Waals surface area contributed by atoms with Crippen LogP contribution in [0.3, 0.4) is 0 Å². The molecule has 1 aromatic carbocycles. The number of rotatable bonds is 6. The highest BCUT2D eigenvalue weighted by molar-refractivity contribution is 5.27. The predicted octanol–water partition coefficient (Wildman–Crippen LogP) is 2.60. The fourth-order valence-electron chi connectivity index (χ4n) is 1.44. The zero-order chi connectivity index (χ0) is 12.9. The van der Waals surface area contributed by atoms with Crippen LogP contribution in [0.2, 0.25) is 0 Å². The highest BCUT2D eigenvalue weighted by atomic mass is 16.5. The highest BCUT2D eigenvalue weighted by Gasteiger charge is 2.24. The molecule has 96 valence electrons. The van der Waals surface area contributed by atoms with E-state index in [0.29, 0.717) is 0 Å². The lowest BCUT2D eigenvalue weighted by Crippen LogP contribution is -2.45. The van der Waals surface area contributed by atoms with Gasteiger partial charge in [-0.05, 0) is 38.5 Å². The molecule has 0 saturated carbocycles. The monoisotopic (exact) mass is 237 g/mol. The molecule has 0 amide bonds. The second-order valence-corrected chi connectivity index (χ2v) is 4.76. The molecule has 1 atom stereocenters. The highest BCUT2D eigenvalue weighted by Crippen LogP contribution is 2.15. The molecule has 0 bridgehead atoms. The lowest BCUT2D eigenvalue weighted by molar-refractivity contribution is -0.00544. The summed E-state index contributed by atoms with van der Waals surface area (Å²) in [5.74, 6) is 0.888. The Kier molecular flexibility index (Phi) is 4.97. The molecule has 1 rings (SSSR count). The van der Waals surface area contributed by atoms with E-state index in [2.05, 4.69) is 38.2 Å². The van der Waals surface area contributed by atoms with Crippen LogP contribution >= 0.6 is 0 Å². The van der Waals surface area contributed by atoms with Crippen molar-refractivity contribution in [2.75, 3.05) is 14.2 Å². The SMILES string of the molecule is COc1ccc(CNC(C)C(C)(C)OC)cc1.